The maximum atomic E-state index is 10.6. The number of nitrogens with zero attached hydrogens (tertiary/aromatic N) is 5. The second kappa shape index (κ2) is 9.82. The van der Waals surface area contributed by atoms with Crippen LogP contribution in [0.4, 0.5) is 5.69 Å². The Morgan fingerprint density at radius 3 is 2.52 bits per heavy atom. The van der Waals surface area contributed by atoms with Crippen LogP contribution in [0.15, 0.2) is 41.9 Å². The van der Waals surface area contributed by atoms with Crippen molar-refractivity contribution < 1.29 is 4.92 Å². The Kier molecular flexibility index (Phi) is 8.08. The van der Waals surface area contributed by atoms with Crippen molar-refractivity contribution in [3.05, 3.63) is 47.0 Å². The van der Waals surface area contributed by atoms with E-state index in [0.29, 0.717) is 19.0 Å². The largest absolute Gasteiger partial charge is 0.355 e. The predicted molar refractivity (Wildman–Crippen MR) is 98.1 cm³/mol. The van der Waals surface area contributed by atoms with E-state index in [1.165, 1.54) is 17.1 Å². The molecule has 0 fully saturated rings. The number of hydrogen-bond acceptors (Lipinski definition) is 4. The first kappa shape index (κ1) is 18.9. The Morgan fingerprint density at radius 1 is 1.30 bits per heavy atom. The van der Waals surface area contributed by atoms with Gasteiger partial charge in [-0.3, -0.25) is 19.8 Å². The van der Waals surface area contributed by atoms with Gasteiger partial charge in [0.05, 0.1) is 11.5 Å². The third-order valence-electron chi connectivity index (χ3n) is 3.02. The lowest BCUT2D eigenvalue weighted by Gasteiger charge is -2.12. The van der Waals surface area contributed by atoms with Gasteiger partial charge >= 0.3 is 5.69 Å². The van der Waals surface area contributed by atoms with Gasteiger partial charge in [-0.05, 0) is 12.1 Å². The van der Waals surface area contributed by atoms with Crippen LogP contribution in [0.5, 0.6) is 0 Å². The number of guanidine groups is 1. The molecule has 2 heterocycles. The lowest BCUT2D eigenvalue weighted by atomic mass is 10.5. The molecule has 0 aliphatic heterocycles. The molecule has 9 nitrogen and oxygen atoms in total. The molecule has 2 aromatic rings. The molecule has 0 saturated heterocycles. The second-order valence-corrected chi connectivity index (χ2v) is 4.57. The fraction of sp³-hybridized carbons (Fsp3) is 0.385. The molecule has 0 saturated carbocycles. The molecular weight excluding hydrogens is 413 g/mol. The number of nitrogens with one attached hydrogen (secondary N) is 2. The molecule has 126 valence electrons. The minimum atomic E-state index is -0.460. The van der Waals surface area contributed by atoms with Crippen LogP contribution in [0.2, 0.25) is 0 Å². The Morgan fingerprint density at radius 2 is 1.96 bits per heavy atom. The van der Waals surface area contributed by atoms with E-state index >= 15 is 0 Å². The highest BCUT2D eigenvalue weighted by molar-refractivity contribution is 14.0. The summed E-state index contributed by atoms with van der Waals surface area (Å²) in [5.41, 5.74) is -0.00534. The fourth-order valence-electron chi connectivity index (χ4n) is 1.90. The summed E-state index contributed by atoms with van der Waals surface area (Å²) in [7, 11) is 1.70. The average molecular weight is 433 g/mol. The Hall–Kier alpha value is -2.11. The molecule has 0 aromatic carbocycles. The Balaban J connectivity index is 0.00000264. The zero-order valence-corrected chi connectivity index (χ0v) is 15.1. The number of rotatable bonds is 7. The minimum absolute atomic E-state index is 0. The van der Waals surface area contributed by atoms with Crippen LogP contribution in [-0.4, -0.2) is 45.4 Å². The molecule has 0 radical (unpaired) electrons. The van der Waals surface area contributed by atoms with E-state index in [-0.39, 0.29) is 29.7 Å². The zero-order valence-electron chi connectivity index (χ0n) is 12.8. The van der Waals surface area contributed by atoms with E-state index < -0.39 is 4.92 Å². The molecule has 0 atom stereocenters. The van der Waals surface area contributed by atoms with Gasteiger partial charge in [-0.2, -0.15) is 5.10 Å². The van der Waals surface area contributed by atoms with E-state index in [9.17, 15) is 10.1 Å². The third kappa shape index (κ3) is 6.26. The first-order valence-electron chi connectivity index (χ1n) is 6.91. The van der Waals surface area contributed by atoms with Crippen molar-refractivity contribution >= 4 is 35.6 Å². The molecule has 23 heavy (non-hydrogen) atoms. The molecule has 0 unspecified atom stereocenters. The van der Waals surface area contributed by atoms with Crippen molar-refractivity contribution in [2.24, 2.45) is 4.99 Å². The number of aromatic nitrogens is 3. The first-order chi connectivity index (χ1) is 10.7. The van der Waals surface area contributed by atoms with Crippen molar-refractivity contribution in [1.29, 1.82) is 0 Å². The van der Waals surface area contributed by atoms with Gasteiger partial charge in [0.25, 0.3) is 0 Å². The summed E-state index contributed by atoms with van der Waals surface area (Å²) in [6, 6.07) is 3.96. The van der Waals surface area contributed by atoms with Gasteiger partial charge in [0.15, 0.2) is 5.96 Å². The summed E-state index contributed by atoms with van der Waals surface area (Å²) in [4.78, 5) is 14.2. The van der Waals surface area contributed by atoms with Crippen molar-refractivity contribution in [3.8, 4) is 0 Å². The number of nitro groups is 1. The van der Waals surface area contributed by atoms with Crippen molar-refractivity contribution in [2.75, 3.05) is 20.1 Å². The molecule has 0 aliphatic carbocycles. The maximum Gasteiger partial charge on any atom is 0.306 e. The summed E-state index contributed by atoms with van der Waals surface area (Å²) < 4.78 is 3.60. The van der Waals surface area contributed by atoms with Gasteiger partial charge < -0.3 is 15.2 Å². The van der Waals surface area contributed by atoms with Crippen molar-refractivity contribution in [1.82, 2.24) is 25.0 Å². The van der Waals surface area contributed by atoms with Crippen LogP contribution in [0.1, 0.15) is 0 Å². The zero-order chi connectivity index (χ0) is 15.8. The number of halogens is 1. The fourth-order valence-corrected chi connectivity index (χ4v) is 1.90. The van der Waals surface area contributed by atoms with Crippen molar-refractivity contribution in [3.63, 3.8) is 0 Å². The first-order valence-corrected chi connectivity index (χ1v) is 6.91. The smallest absolute Gasteiger partial charge is 0.306 e. The lowest BCUT2D eigenvalue weighted by Crippen LogP contribution is -2.40. The summed E-state index contributed by atoms with van der Waals surface area (Å²) >= 11 is 0. The van der Waals surface area contributed by atoms with Gasteiger partial charge in [0.2, 0.25) is 0 Å². The molecule has 0 bridgehead atoms. The predicted octanol–water partition coefficient (Wildman–Crippen LogP) is 1.08. The summed E-state index contributed by atoms with van der Waals surface area (Å²) in [6.07, 6.45) is 6.65. The van der Waals surface area contributed by atoms with Gasteiger partial charge in [-0.1, -0.05) is 0 Å². The molecule has 0 aliphatic rings. The topological polar surface area (TPSA) is 102 Å². The molecule has 2 aromatic heterocycles. The van der Waals surface area contributed by atoms with Gasteiger partial charge in [-0.25, -0.2) is 0 Å². The number of aliphatic imine (C=N–C) groups is 1. The lowest BCUT2D eigenvalue weighted by molar-refractivity contribution is -0.385. The van der Waals surface area contributed by atoms with Crippen LogP contribution >= 0.6 is 24.0 Å². The van der Waals surface area contributed by atoms with E-state index in [1.807, 2.05) is 24.5 Å². The normalized spacial score (nSPS) is 10.9. The monoisotopic (exact) mass is 433 g/mol. The highest BCUT2D eigenvalue weighted by atomic mass is 127. The minimum Gasteiger partial charge on any atom is -0.355 e. The SMILES string of the molecule is CN=C(NCCn1cccc1)NCCn1cc([N+](=O)[O-])cn1.I. The maximum absolute atomic E-state index is 10.6. The van der Waals surface area contributed by atoms with Gasteiger partial charge in [-0.15, -0.1) is 24.0 Å². The van der Waals surface area contributed by atoms with Crippen LogP contribution in [-0.2, 0) is 13.1 Å². The molecular formula is C13H20IN7O2. The second-order valence-electron chi connectivity index (χ2n) is 4.57. The average Bonchev–Trinajstić information content (AvgIpc) is 3.17. The van der Waals surface area contributed by atoms with Crippen LogP contribution in [0, 0.1) is 10.1 Å². The van der Waals surface area contributed by atoms with E-state index in [2.05, 4.69) is 25.3 Å². The standard InChI is InChI=1S/C13H19N7O2.HI/c1-14-13(15-4-8-18-6-2-3-7-18)16-5-9-19-11-12(10-17-19)20(21)22;/h2-3,6-7,10-11H,4-5,8-9H2,1H3,(H2,14,15,16);1H. The number of hydrogen-bond donors (Lipinski definition) is 2. The summed E-state index contributed by atoms with van der Waals surface area (Å²) in [6.45, 7) is 2.69. The van der Waals surface area contributed by atoms with E-state index in [1.54, 1.807) is 7.05 Å². The molecule has 0 spiro atoms. The molecule has 2 N–H and O–H groups in total. The Labute approximate surface area is 150 Å². The third-order valence-corrected chi connectivity index (χ3v) is 3.02. The quantitative estimate of drug-likeness (QED) is 0.224. The summed E-state index contributed by atoms with van der Waals surface area (Å²) in [5.74, 6) is 0.689. The van der Waals surface area contributed by atoms with Crippen molar-refractivity contribution in [2.45, 2.75) is 13.1 Å². The Bertz CT molecular complexity index is 624. The van der Waals surface area contributed by atoms with E-state index in [0.717, 1.165) is 13.1 Å². The van der Waals surface area contributed by atoms with Crippen LogP contribution in [0.25, 0.3) is 0 Å². The molecule has 0 amide bonds. The van der Waals surface area contributed by atoms with E-state index in [4.69, 9.17) is 0 Å². The molecule has 10 heteroatoms. The van der Waals surface area contributed by atoms with Gasteiger partial charge in [0.1, 0.15) is 12.4 Å². The van der Waals surface area contributed by atoms with Crippen LogP contribution < -0.4 is 10.6 Å². The van der Waals surface area contributed by atoms with Gasteiger partial charge in [0, 0.05) is 39.1 Å². The highest BCUT2D eigenvalue weighted by Gasteiger charge is 2.08. The van der Waals surface area contributed by atoms with Crippen LogP contribution in [0.3, 0.4) is 0 Å². The molecule has 2 rings (SSSR count). The highest BCUT2D eigenvalue weighted by Crippen LogP contribution is 2.06. The summed E-state index contributed by atoms with van der Waals surface area (Å²) in [5, 5.41) is 20.8.